The Balaban J connectivity index is 1.62. The average Bonchev–Trinajstić information content (AvgIpc) is 2.72. The summed E-state index contributed by atoms with van der Waals surface area (Å²) in [5.74, 6) is -0.561. The third-order valence-electron chi connectivity index (χ3n) is 5.03. The molecule has 0 atom stereocenters. The summed E-state index contributed by atoms with van der Waals surface area (Å²) in [5.41, 5.74) is 0.742. The third-order valence-corrected chi connectivity index (χ3v) is 6.91. The lowest BCUT2D eigenvalue weighted by Gasteiger charge is -2.33. The van der Waals surface area contributed by atoms with Crippen LogP contribution >= 0.6 is 0 Å². The summed E-state index contributed by atoms with van der Waals surface area (Å²) in [7, 11) is -3.59. The normalized spacial score (nSPS) is 16.1. The fourth-order valence-corrected chi connectivity index (χ4v) is 4.89. The molecule has 1 aromatic carbocycles. The predicted octanol–water partition coefficient (Wildman–Crippen LogP) is 2.67. The number of pyridine rings is 1. The van der Waals surface area contributed by atoms with Gasteiger partial charge in [0.25, 0.3) is 0 Å². The molecule has 1 saturated heterocycles. The van der Waals surface area contributed by atoms with Crippen LogP contribution < -0.4 is 0 Å². The molecule has 1 fully saturated rings. The maximum absolute atomic E-state index is 13.4. The van der Waals surface area contributed by atoms with Gasteiger partial charge < -0.3 is 4.90 Å². The molecule has 2 aromatic rings. The Hall–Kier alpha value is -2.32. The number of nitrogens with zero attached hydrogens (tertiary/aromatic N) is 3. The van der Waals surface area contributed by atoms with E-state index in [1.807, 2.05) is 6.92 Å². The minimum absolute atomic E-state index is 0.00909. The molecule has 0 spiro atoms. The van der Waals surface area contributed by atoms with E-state index in [1.165, 1.54) is 34.9 Å². The lowest BCUT2D eigenvalue weighted by atomic mass is 9.96. The second-order valence-electron chi connectivity index (χ2n) is 6.85. The maximum Gasteiger partial charge on any atom is 0.244 e. The smallest absolute Gasteiger partial charge is 0.244 e. The lowest BCUT2D eigenvalue weighted by Crippen LogP contribution is -2.44. The first-order valence-corrected chi connectivity index (χ1v) is 10.8. The van der Waals surface area contributed by atoms with Gasteiger partial charge in [-0.15, -0.1) is 0 Å². The van der Waals surface area contributed by atoms with Crippen molar-refractivity contribution in [1.82, 2.24) is 14.2 Å². The zero-order chi connectivity index (χ0) is 20.1. The van der Waals surface area contributed by atoms with Crippen molar-refractivity contribution < 1.29 is 17.6 Å². The van der Waals surface area contributed by atoms with Crippen LogP contribution in [0.2, 0.25) is 0 Å². The Kier molecular flexibility index (Phi) is 6.41. The van der Waals surface area contributed by atoms with E-state index in [4.69, 9.17) is 0 Å². The van der Waals surface area contributed by atoms with Crippen molar-refractivity contribution in [3.63, 3.8) is 0 Å². The lowest BCUT2D eigenvalue weighted by molar-refractivity contribution is -0.137. The molecule has 0 N–H and O–H groups in total. The van der Waals surface area contributed by atoms with E-state index in [0.29, 0.717) is 39.0 Å². The van der Waals surface area contributed by atoms with E-state index in [2.05, 4.69) is 4.98 Å². The topological polar surface area (TPSA) is 70.6 Å². The van der Waals surface area contributed by atoms with Crippen LogP contribution in [0.1, 0.15) is 25.3 Å². The number of hydrogen-bond acceptors (Lipinski definition) is 4. The molecule has 0 bridgehead atoms. The summed E-state index contributed by atoms with van der Waals surface area (Å²) in [5, 5.41) is 0. The summed E-state index contributed by atoms with van der Waals surface area (Å²) < 4.78 is 40.2. The number of rotatable bonds is 6. The van der Waals surface area contributed by atoms with E-state index < -0.39 is 10.0 Å². The van der Waals surface area contributed by atoms with Gasteiger partial charge in [0.05, 0.1) is 0 Å². The molecule has 1 aliphatic heterocycles. The summed E-state index contributed by atoms with van der Waals surface area (Å²) in [6, 6.07) is 9.35. The minimum atomic E-state index is -3.59. The fourth-order valence-electron chi connectivity index (χ4n) is 3.45. The largest absolute Gasteiger partial charge is 0.338 e. The summed E-state index contributed by atoms with van der Waals surface area (Å²) in [6.07, 6.45) is 3.81. The van der Waals surface area contributed by atoms with Gasteiger partial charge in [0.15, 0.2) is 0 Å². The number of carbonyl (C=O) groups excluding carboxylic acids is 1. The molecule has 1 aliphatic rings. The number of piperidine rings is 1. The van der Waals surface area contributed by atoms with E-state index in [9.17, 15) is 17.6 Å². The van der Waals surface area contributed by atoms with Gasteiger partial charge in [-0.05, 0) is 49.6 Å². The molecule has 3 rings (SSSR count). The second kappa shape index (κ2) is 8.79. The van der Waals surface area contributed by atoms with Crippen molar-refractivity contribution in [1.29, 1.82) is 0 Å². The van der Waals surface area contributed by atoms with Crippen LogP contribution in [0.4, 0.5) is 4.39 Å². The third kappa shape index (κ3) is 4.56. The van der Waals surface area contributed by atoms with Crippen molar-refractivity contribution in [3.05, 3.63) is 60.2 Å². The molecule has 1 aromatic heterocycles. The SMILES string of the molecule is CCN(Cc1cccc(F)c1)C(=O)C1CCN(S(=O)(=O)c2cccnc2)CC1. The summed E-state index contributed by atoms with van der Waals surface area (Å²) >= 11 is 0. The van der Waals surface area contributed by atoms with Gasteiger partial charge >= 0.3 is 0 Å². The molecule has 0 saturated carbocycles. The molecular weight excluding hydrogens is 381 g/mol. The number of amides is 1. The molecular formula is C20H24FN3O3S. The van der Waals surface area contributed by atoms with Gasteiger partial charge in [0, 0.05) is 44.5 Å². The van der Waals surface area contributed by atoms with Gasteiger partial charge in [-0.2, -0.15) is 4.31 Å². The van der Waals surface area contributed by atoms with Gasteiger partial charge in [-0.1, -0.05) is 12.1 Å². The molecule has 0 radical (unpaired) electrons. The van der Waals surface area contributed by atoms with Gasteiger partial charge in [0.2, 0.25) is 15.9 Å². The van der Waals surface area contributed by atoms with Crippen LogP contribution in [0.3, 0.4) is 0 Å². The van der Waals surface area contributed by atoms with Crippen LogP contribution in [0, 0.1) is 11.7 Å². The molecule has 150 valence electrons. The molecule has 0 unspecified atom stereocenters. The first-order chi connectivity index (χ1) is 13.4. The predicted molar refractivity (Wildman–Crippen MR) is 103 cm³/mol. The van der Waals surface area contributed by atoms with E-state index >= 15 is 0 Å². The van der Waals surface area contributed by atoms with Crippen molar-refractivity contribution in [2.24, 2.45) is 5.92 Å². The Morgan fingerprint density at radius 2 is 2.00 bits per heavy atom. The van der Waals surface area contributed by atoms with Crippen molar-refractivity contribution >= 4 is 15.9 Å². The standard InChI is InChI=1S/C20H24FN3O3S/c1-2-23(15-16-5-3-6-18(21)13-16)20(25)17-8-11-24(12-9-17)28(26,27)19-7-4-10-22-14-19/h3-7,10,13-14,17H,2,8-9,11-12,15H2,1H3. The number of aromatic nitrogens is 1. The number of benzene rings is 1. The van der Waals surface area contributed by atoms with Gasteiger partial charge in [-0.3, -0.25) is 9.78 Å². The average molecular weight is 405 g/mol. The molecule has 0 aliphatic carbocycles. The summed E-state index contributed by atoms with van der Waals surface area (Å²) in [6.45, 7) is 3.35. The maximum atomic E-state index is 13.4. The minimum Gasteiger partial charge on any atom is -0.338 e. The highest BCUT2D eigenvalue weighted by atomic mass is 32.2. The highest BCUT2D eigenvalue weighted by Crippen LogP contribution is 2.25. The Labute approximate surface area is 165 Å². The van der Waals surface area contributed by atoms with E-state index in [-0.39, 0.29) is 22.5 Å². The highest BCUT2D eigenvalue weighted by Gasteiger charge is 2.33. The molecule has 2 heterocycles. The number of sulfonamides is 1. The van der Waals surface area contributed by atoms with Gasteiger partial charge in [0.1, 0.15) is 10.7 Å². The van der Waals surface area contributed by atoms with Crippen LogP contribution in [0.15, 0.2) is 53.7 Å². The van der Waals surface area contributed by atoms with Gasteiger partial charge in [-0.25, -0.2) is 12.8 Å². The number of halogens is 1. The van der Waals surface area contributed by atoms with Crippen LogP contribution in [0.25, 0.3) is 0 Å². The Morgan fingerprint density at radius 3 is 2.61 bits per heavy atom. The van der Waals surface area contributed by atoms with E-state index in [1.54, 1.807) is 23.1 Å². The first-order valence-electron chi connectivity index (χ1n) is 9.35. The number of carbonyl (C=O) groups is 1. The number of hydrogen-bond donors (Lipinski definition) is 0. The monoisotopic (exact) mass is 405 g/mol. The van der Waals surface area contributed by atoms with Crippen molar-refractivity contribution in [2.75, 3.05) is 19.6 Å². The molecule has 6 nitrogen and oxygen atoms in total. The molecule has 8 heteroatoms. The summed E-state index contributed by atoms with van der Waals surface area (Å²) in [4.78, 5) is 18.6. The van der Waals surface area contributed by atoms with Crippen LogP contribution in [0.5, 0.6) is 0 Å². The molecule has 1 amide bonds. The van der Waals surface area contributed by atoms with Crippen LogP contribution in [-0.2, 0) is 21.4 Å². The Bertz CT molecular complexity index is 913. The highest BCUT2D eigenvalue weighted by molar-refractivity contribution is 7.89. The second-order valence-corrected chi connectivity index (χ2v) is 8.79. The Morgan fingerprint density at radius 1 is 1.25 bits per heavy atom. The van der Waals surface area contributed by atoms with E-state index in [0.717, 1.165) is 5.56 Å². The first kappa shape index (κ1) is 20.4. The zero-order valence-electron chi connectivity index (χ0n) is 15.8. The van der Waals surface area contributed by atoms with Crippen molar-refractivity contribution in [2.45, 2.75) is 31.2 Å². The zero-order valence-corrected chi connectivity index (χ0v) is 16.6. The van der Waals surface area contributed by atoms with Crippen molar-refractivity contribution in [3.8, 4) is 0 Å². The van der Waals surface area contributed by atoms with Crippen LogP contribution in [-0.4, -0.2) is 48.1 Å². The fraction of sp³-hybridized carbons (Fsp3) is 0.400. The quantitative estimate of drug-likeness (QED) is 0.741. The molecule has 28 heavy (non-hydrogen) atoms.